The molecule has 2 atom stereocenters. The third-order valence-electron chi connectivity index (χ3n) is 1.57. The zero-order chi connectivity index (χ0) is 6.85. The van der Waals surface area contributed by atoms with Crippen LogP contribution in [0.25, 0.3) is 0 Å². The lowest BCUT2D eigenvalue weighted by Crippen LogP contribution is -2.29. The number of hydrogen-bond acceptors (Lipinski definition) is 4. The molecule has 0 spiro atoms. The van der Waals surface area contributed by atoms with Crippen molar-refractivity contribution in [3.8, 4) is 0 Å². The van der Waals surface area contributed by atoms with Crippen LogP contribution in [0, 0.1) is 0 Å². The van der Waals surface area contributed by atoms with E-state index in [4.69, 9.17) is 15.7 Å². The maximum atomic E-state index is 9.11. The molecule has 4 heteroatoms. The molecule has 2 unspecified atom stereocenters. The van der Waals surface area contributed by atoms with Crippen molar-refractivity contribution in [1.82, 2.24) is 5.01 Å². The molecule has 54 valence electrons. The van der Waals surface area contributed by atoms with Crippen molar-refractivity contribution in [2.75, 3.05) is 20.2 Å². The highest BCUT2D eigenvalue weighted by Crippen LogP contribution is 2.07. The first kappa shape index (κ1) is 6.95. The van der Waals surface area contributed by atoms with Crippen molar-refractivity contribution < 1.29 is 9.84 Å². The fourth-order valence-corrected chi connectivity index (χ4v) is 1.02. The van der Waals surface area contributed by atoms with Crippen LogP contribution in [0.2, 0.25) is 0 Å². The first-order valence-electron chi connectivity index (χ1n) is 2.94. The van der Waals surface area contributed by atoms with E-state index in [1.54, 1.807) is 12.1 Å². The number of hydrazine groups is 1. The molecule has 0 bridgehead atoms. The van der Waals surface area contributed by atoms with Crippen molar-refractivity contribution >= 4 is 0 Å². The molecule has 1 rings (SSSR count). The first-order chi connectivity index (χ1) is 4.24. The van der Waals surface area contributed by atoms with Gasteiger partial charge in [0.2, 0.25) is 0 Å². The number of aliphatic hydroxyl groups is 1. The normalized spacial score (nSPS) is 37.7. The Morgan fingerprint density at radius 2 is 2.33 bits per heavy atom. The molecule has 0 radical (unpaired) electrons. The van der Waals surface area contributed by atoms with Gasteiger partial charge in [-0.2, -0.15) is 0 Å². The second kappa shape index (κ2) is 2.62. The predicted molar refractivity (Wildman–Crippen MR) is 32.6 cm³/mol. The number of β-amino-alcohol motifs (C(OH)–C–C–N with tert-alkyl or cyclic N) is 1. The van der Waals surface area contributed by atoms with Crippen LogP contribution in [0.3, 0.4) is 0 Å². The predicted octanol–water partition coefficient (Wildman–Crippen LogP) is -1.45. The van der Waals surface area contributed by atoms with E-state index in [2.05, 4.69) is 0 Å². The minimum Gasteiger partial charge on any atom is -0.389 e. The monoisotopic (exact) mass is 132 g/mol. The molecule has 1 heterocycles. The van der Waals surface area contributed by atoms with Crippen molar-refractivity contribution in [3.63, 3.8) is 0 Å². The Morgan fingerprint density at radius 1 is 1.67 bits per heavy atom. The standard InChI is InChI=1S/C5H12N2O2/c1-9-5-3-7(6)2-4(5)8/h4-5,8H,2-3,6H2,1H3. The van der Waals surface area contributed by atoms with E-state index in [9.17, 15) is 0 Å². The highest BCUT2D eigenvalue weighted by atomic mass is 16.5. The van der Waals surface area contributed by atoms with Gasteiger partial charge in [-0.3, -0.25) is 5.84 Å². The van der Waals surface area contributed by atoms with Crippen LogP contribution in [0.4, 0.5) is 0 Å². The SMILES string of the molecule is COC1CN(N)CC1O. The summed E-state index contributed by atoms with van der Waals surface area (Å²) in [6.07, 6.45) is -0.519. The minimum atomic E-state index is -0.417. The lowest BCUT2D eigenvalue weighted by molar-refractivity contribution is 0.0215. The van der Waals surface area contributed by atoms with Crippen LogP contribution in [-0.2, 0) is 4.74 Å². The number of aliphatic hydroxyl groups excluding tert-OH is 1. The van der Waals surface area contributed by atoms with Gasteiger partial charge in [0.1, 0.15) is 0 Å². The van der Waals surface area contributed by atoms with Crippen molar-refractivity contribution in [3.05, 3.63) is 0 Å². The Bertz CT molecular complexity index is 99.0. The maximum absolute atomic E-state index is 9.11. The van der Waals surface area contributed by atoms with E-state index in [0.29, 0.717) is 13.1 Å². The molecule has 1 saturated heterocycles. The summed E-state index contributed by atoms with van der Waals surface area (Å²) < 4.78 is 4.92. The summed E-state index contributed by atoms with van der Waals surface area (Å²) in [4.78, 5) is 0. The molecule has 1 aliphatic heterocycles. The van der Waals surface area contributed by atoms with E-state index >= 15 is 0 Å². The zero-order valence-corrected chi connectivity index (χ0v) is 5.45. The van der Waals surface area contributed by atoms with E-state index in [1.165, 1.54) is 0 Å². The molecular formula is C5H12N2O2. The van der Waals surface area contributed by atoms with E-state index < -0.39 is 6.10 Å². The Labute approximate surface area is 54.2 Å². The topological polar surface area (TPSA) is 58.7 Å². The zero-order valence-electron chi connectivity index (χ0n) is 5.45. The van der Waals surface area contributed by atoms with Gasteiger partial charge in [0.25, 0.3) is 0 Å². The largest absolute Gasteiger partial charge is 0.389 e. The number of nitrogens with zero attached hydrogens (tertiary/aromatic N) is 1. The average molecular weight is 132 g/mol. The molecule has 0 aromatic heterocycles. The number of nitrogens with two attached hydrogens (primary N) is 1. The van der Waals surface area contributed by atoms with Crippen molar-refractivity contribution in [2.45, 2.75) is 12.2 Å². The fraction of sp³-hybridized carbons (Fsp3) is 1.00. The lowest BCUT2D eigenvalue weighted by Gasteiger charge is -2.09. The third-order valence-corrected chi connectivity index (χ3v) is 1.57. The molecule has 0 saturated carbocycles. The van der Waals surface area contributed by atoms with Gasteiger partial charge >= 0.3 is 0 Å². The van der Waals surface area contributed by atoms with Crippen LogP contribution in [-0.4, -0.2) is 42.5 Å². The van der Waals surface area contributed by atoms with Crippen LogP contribution in [0.5, 0.6) is 0 Å². The van der Waals surface area contributed by atoms with Crippen molar-refractivity contribution in [2.24, 2.45) is 5.84 Å². The summed E-state index contributed by atoms with van der Waals surface area (Å²) in [5.74, 6) is 5.38. The lowest BCUT2D eigenvalue weighted by atomic mass is 10.3. The molecule has 4 nitrogen and oxygen atoms in total. The average Bonchev–Trinajstić information content (AvgIpc) is 2.10. The second-order valence-electron chi connectivity index (χ2n) is 2.30. The van der Waals surface area contributed by atoms with Gasteiger partial charge in [0.15, 0.2) is 0 Å². The molecule has 3 N–H and O–H groups in total. The summed E-state index contributed by atoms with van der Waals surface area (Å²) in [6.45, 7) is 1.14. The molecule has 0 aliphatic carbocycles. The Balaban J connectivity index is 2.38. The molecule has 1 fully saturated rings. The summed E-state index contributed by atoms with van der Waals surface area (Å²) in [7, 11) is 1.58. The summed E-state index contributed by atoms with van der Waals surface area (Å²) in [5.41, 5.74) is 0. The van der Waals surface area contributed by atoms with Gasteiger partial charge in [0.05, 0.1) is 12.2 Å². The first-order valence-corrected chi connectivity index (χ1v) is 2.94. The van der Waals surface area contributed by atoms with E-state index in [0.717, 1.165) is 0 Å². The molecule has 9 heavy (non-hydrogen) atoms. The Hall–Kier alpha value is -0.160. The fourth-order valence-electron chi connectivity index (χ4n) is 1.02. The van der Waals surface area contributed by atoms with Gasteiger partial charge in [-0.25, -0.2) is 5.01 Å². The van der Waals surface area contributed by atoms with Gasteiger partial charge in [-0.15, -0.1) is 0 Å². The highest BCUT2D eigenvalue weighted by Gasteiger charge is 2.28. The van der Waals surface area contributed by atoms with Crippen LogP contribution < -0.4 is 5.84 Å². The van der Waals surface area contributed by atoms with Crippen LogP contribution in [0.15, 0.2) is 0 Å². The molecule has 0 aromatic carbocycles. The quantitative estimate of drug-likeness (QED) is 0.429. The minimum absolute atomic E-state index is 0.102. The molecule has 0 aromatic rings. The third kappa shape index (κ3) is 1.40. The van der Waals surface area contributed by atoms with E-state index in [1.807, 2.05) is 0 Å². The van der Waals surface area contributed by atoms with Crippen molar-refractivity contribution in [1.29, 1.82) is 0 Å². The molecule has 0 amide bonds. The van der Waals surface area contributed by atoms with Gasteiger partial charge in [0, 0.05) is 20.2 Å². The summed E-state index contributed by atoms with van der Waals surface area (Å²) in [5, 5.41) is 10.7. The van der Waals surface area contributed by atoms with Crippen LogP contribution in [0.1, 0.15) is 0 Å². The number of rotatable bonds is 1. The van der Waals surface area contributed by atoms with Gasteiger partial charge in [-0.1, -0.05) is 0 Å². The van der Waals surface area contributed by atoms with Gasteiger partial charge < -0.3 is 9.84 Å². The Kier molecular flexibility index (Phi) is 2.02. The number of methoxy groups -OCH3 is 1. The van der Waals surface area contributed by atoms with Gasteiger partial charge in [-0.05, 0) is 0 Å². The van der Waals surface area contributed by atoms with E-state index in [-0.39, 0.29) is 6.10 Å². The Morgan fingerprint density at radius 3 is 2.56 bits per heavy atom. The van der Waals surface area contributed by atoms with Crippen LogP contribution >= 0.6 is 0 Å². The summed E-state index contributed by atoms with van der Waals surface area (Å²) in [6, 6.07) is 0. The maximum Gasteiger partial charge on any atom is 0.0983 e. The smallest absolute Gasteiger partial charge is 0.0983 e. The second-order valence-corrected chi connectivity index (χ2v) is 2.30. The highest BCUT2D eigenvalue weighted by molar-refractivity contribution is 4.80. The number of hydrogen-bond donors (Lipinski definition) is 2. The molecule has 1 aliphatic rings. The molecular weight excluding hydrogens is 120 g/mol. The number of ether oxygens (including phenoxy) is 1. The summed E-state index contributed by atoms with van der Waals surface area (Å²) >= 11 is 0.